The van der Waals surface area contributed by atoms with Crippen LogP contribution in [-0.2, 0) is 19.2 Å². The van der Waals surface area contributed by atoms with Gasteiger partial charge in [-0.3, -0.25) is 19.2 Å². The van der Waals surface area contributed by atoms with Gasteiger partial charge >= 0.3 is 5.97 Å². The van der Waals surface area contributed by atoms with Gasteiger partial charge < -0.3 is 21.1 Å². The van der Waals surface area contributed by atoms with Crippen LogP contribution >= 0.6 is 0 Å². The fourth-order valence-corrected chi connectivity index (χ4v) is 2.08. The largest absolute Gasteiger partial charge is 0.481 e. The number of aryl methyl sites for hydroxylation is 1. The van der Waals surface area contributed by atoms with Gasteiger partial charge in [0.25, 0.3) is 0 Å². The topological polar surface area (TPSA) is 125 Å². The monoisotopic (exact) mass is 335 g/mol. The molecule has 0 heterocycles. The summed E-state index contributed by atoms with van der Waals surface area (Å²) in [7, 11) is 0. The van der Waals surface area contributed by atoms with Gasteiger partial charge in [-0.05, 0) is 18.1 Å². The molecule has 4 N–H and O–H groups in total. The van der Waals surface area contributed by atoms with Crippen LogP contribution in [0.25, 0.3) is 0 Å². The molecule has 8 heteroatoms. The second kappa shape index (κ2) is 9.29. The molecule has 1 aromatic carbocycles. The minimum absolute atomic E-state index is 0.223. The smallest absolute Gasteiger partial charge is 0.305 e. The van der Waals surface area contributed by atoms with Gasteiger partial charge in [-0.15, -0.1) is 0 Å². The molecule has 8 nitrogen and oxygen atoms in total. The molecule has 0 aromatic heterocycles. The van der Waals surface area contributed by atoms with Crippen molar-refractivity contribution in [1.29, 1.82) is 0 Å². The van der Waals surface area contributed by atoms with Gasteiger partial charge in [-0.25, -0.2) is 0 Å². The van der Waals surface area contributed by atoms with Crippen LogP contribution in [0.5, 0.6) is 0 Å². The normalized spacial score (nSPS) is 11.2. The van der Waals surface area contributed by atoms with Crippen LogP contribution in [0.4, 0.5) is 0 Å². The van der Waals surface area contributed by atoms with Gasteiger partial charge in [0, 0.05) is 6.92 Å². The van der Waals surface area contributed by atoms with E-state index in [4.69, 9.17) is 5.11 Å². The van der Waals surface area contributed by atoms with Gasteiger partial charge in [0.2, 0.25) is 17.7 Å². The number of carboxylic acid groups (broad SMARTS) is 1. The maximum absolute atomic E-state index is 12.0. The summed E-state index contributed by atoms with van der Waals surface area (Å²) in [5, 5.41) is 16.3. The Bertz CT molecular complexity index is 630. The van der Waals surface area contributed by atoms with E-state index in [0.29, 0.717) is 5.56 Å². The molecule has 0 saturated carbocycles. The van der Waals surface area contributed by atoms with Crippen molar-refractivity contribution in [3.05, 3.63) is 35.4 Å². The van der Waals surface area contributed by atoms with Gasteiger partial charge in [-0.2, -0.15) is 0 Å². The third-order valence-corrected chi connectivity index (χ3v) is 3.22. The lowest BCUT2D eigenvalue weighted by Crippen LogP contribution is -2.42. The van der Waals surface area contributed by atoms with Crippen molar-refractivity contribution in [1.82, 2.24) is 16.0 Å². The van der Waals surface area contributed by atoms with Gasteiger partial charge in [0.15, 0.2) is 0 Å². The first-order valence-electron chi connectivity index (χ1n) is 7.37. The van der Waals surface area contributed by atoms with Crippen molar-refractivity contribution < 1.29 is 24.3 Å². The molecule has 0 bridgehead atoms. The summed E-state index contributed by atoms with van der Waals surface area (Å²) in [6, 6.07) is 6.46. The van der Waals surface area contributed by atoms with Gasteiger partial charge in [0.05, 0.1) is 25.6 Å². The first-order chi connectivity index (χ1) is 11.3. The van der Waals surface area contributed by atoms with Gasteiger partial charge in [0.1, 0.15) is 0 Å². The van der Waals surface area contributed by atoms with Crippen molar-refractivity contribution in [2.75, 3.05) is 13.1 Å². The van der Waals surface area contributed by atoms with E-state index in [2.05, 4.69) is 16.0 Å². The van der Waals surface area contributed by atoms with E-state index in [-0.39, 0.29) is 25.4 Å². The summed E-state index contributed by atoms with van der Waals surface area (Å²) in [6.45, 7) is 2.57. The Kier molecular flexibility index (Phi) is 7.41. The van der Waals surface area contributed by atoms with E-state index >= 15 is 0 Å². The summed E-state index contributed by atoms with van der Waals surface area (Å²) in [4.78, 5) is 45.1. The molecule has 1 unspecified atom stereocenters. The lowest BCUT2D eigenvalue weighted by atomic mass is 9.99. The van der Waals surface area contributed by atoms with Crippen molar-refractivity contribution in [2.45, 2.75) is 26.3 Å². The minimum atomic E-state index is -1.04. The number of hydrogen-bond donors (Lipinski definition) is 4. The van der Waals surface area contributed by atoms with Crippen LogP contribution in [0.15, 0.2) is 24.3 Å². The van der Waals surface area contributed by atoms with Crippen LogP contribution < -0.4 is 16.0 Å². The van der Waals surface area contributed by atoms with Crippen LogP contribution in [0, 0.1) is 6.92 Å². The molecular formula is C16H21N3O5. The molecule has 24 heavy (non-hydrogen) atoms. The summed E-state index contributed by atoms with van der Waals surface area (Å²) < 4.78 is 0. The Morgan fingerprint density at radius 1 is 1.04 bits per heavy atom. The average molecular weight is 335 g/mol. The maximum Gasteiger partial charge on any atom is 0.305 e. The Labute approximate surface area is 139 Å². The number of carbonyl (C=O) groups excluding carboxylic acids is 3. The first-order valence-corrected chi connectivity index (χ1v) is 7.37. The second-order valence-corrected chi connectivity index (χ2v) is 5.26. The highest BCUT2D eigenvalue weighted by molar-refractivity contribution is 5.88. The van der Waals surface area contributed by atoms with E-state index in [1.807, 2.05) is 19.1 Å². The van der Waals surface area contributed by atoms with Crippen LogP contribution in [0.2, 0.25) is 0 Å². The van der Waals surface area contributed by atoms with E-state index in [1.165, 1.54) is 6.92 Å². The fraction of sp³-hybridized carbons (Fsp3) is 0.375. The van der Waals surface area contributed by atoms with Crippen LogP contribution in [0.1, 0.15) is 30.5 Å². The summed E-state index contributed by atoms with van der Waals surface area (Å²) in [5.74, 6) is -2.42. The number of carboxylic acids is 1. The number of nitrogens with one attached hydrogen (secondary N) is 3. The molecule has 130 valence electrons. The zero-order valence-electron chi connectivity index (χ0n) is 13.6. The number of amides is 3. The van der Waals surface area contributed by atoms with Crippen LogP contribution in [0.3, 0.4) is 0 Å². The number of carbonyl (C=O) groups is 4. The standard InChI is InChI=1S/C16H21N3O5/c1-10-5-3-4-6-12(10)13(7-16(23)24)19-15(22)9-18-14(21)8-17-11(2)20/h3-6,13H,7-9H2,1-2H3,(H,17,20)(H,18,21)(H,19,22)(H,23,24). The minimum Gasteiger partial charge on any atom is -0.481 e. The van der Waals surface area contributed by atoms with E-state index in [9.17, 15) is 19.2 Å². The molecule has 1 rings (SSSR count). The number of aliphatic carboxylic acids is 1. The van der Waals surface area contributed by atoms with E-state index in [0.717, 1.165) is 5.56 Å². The molecule has 0 aliphatic rings. The summed E-state index contributed by atoms with van der Waals surface area (Å²) in [6.07, 6.45) is -0.267. The number of hydrogen-bond acceptors (Lipinski definition) is 4. The Hall–Kier alpha value is -2.90. The Balaban J connectivity index is 2.62. The number of rotatable bonds is 8. The third kappa shape index (κ3) is 6.91. The third-order valence-electron chi connectivity index (χ3n) is 3.22. The molecule has 0 aliphatic heterocycles. The quantitative estimate of drug-likeness (QED) is 0.527. The van der Waals surface area contributed by atoms with Crippen LogP contribution in [-0.4, -0.2) is 41.9 Å². The molecule has 0 saturated heterocycles. The zero-order chi connectivity index (χ0) is 18.1. The maximum atomic E-state index is 12.0. The van der Waals surface area contributed by atoms with Gasteiger partial charge in [-0.1, -0.05) is 24.3 Å². The fourth-order valence-electron chi connectivity index (χ4n) is 2.08. The van der Waals surface area contributed by atoms with E-state index < -0.39 is 23.8 Å². The molecule has 0 spiro atoms. The van der Waals surface area contributed by atoms with Crippen molar-refractivity contribution in [2.24, 2.45) is 0 Å². The average Bonchev–Trinajstić information content (AvgIpc) is 2.50. The highest BCUT2D eigenvalue weighted by atomic mass is 16.4. The predicted octanol–water partition coefficient (Wildman–Crippen LogP) is -0.121. The molecule has 0 aliphatic carbocycles. The van der Waals surface area contributed by atoms with Crippen molar-refractivity contribution >= 4 is 23.7 Å². The summed E-state index contributed by atoms with van der Waals surface area (Å²) in [5.41, 5.74) is 1.57. The zero-order valence-corrected chi connectivity index (χ0v) is 13.6. The SMILES string of the molecule is CC(=O)NCC(=O)NCC(=O)NC(CC(=O)O)c1ccccc1C. The highest BCUT2D eigenvalue weighted by Gasteiger charge is 2.19. The predicted molar refractivity (Wildman–Crippen MR) is 86.0 cm³/mol. The number of benzene rings is 1. The molecule has 0 radical (unpaired) electrons. The first kappa shape index (κ1) is 19.1. The molecule has 0 fully saturated rings. The van der Waals surface area contributed by atoms with Crippen molar-refractivity contribution in [3.8, 4) is 0 Å². The Morgan fingerprint density at radius 3 is 2.25 bits per heavy atom. The summed E-state index contributed by atoms with van der Waals surface area (Å²) >= 11 is 0. The van der Waals surface area contributed by atoms with Crippen molar-refractivity contribution in [3.63, 3.8) is 0 Å². The molecular weight excluding hydrogens is 314 g/mol. The highest BCUT2D eigenvalue weighted by Crippen LogP contribution is 2.20. The lowest BCUT2D eigenvalue weighted by Gasteiger charge is -2.19. The lowest BCUT2D eigenvalue weighted by molar-refractivity contribution is -0.138. The second-order valence-electron chi connectivity index (χ2n) is 5.26. The molecule has 1 aromatic rings. The molecule has 3 amide bonds. The Morgan fingerprint density at radius 2 is 1.67 bits per heavy atom. The molecule has 1 atom stereocenters. The van der Waals surface area contributed by atoms with E-state index in [1.54, 1.807) is 12.1 Å².